The molecule has 5 heteroatoms. The second-order valence-corrected chi connectivity index (χ2v) is 6.32. The standard InChI is InChI=1S/C20H17NO3S/c22-18(15-7-3-1-4-8-15)11-12-19(23)24-13-17-14-25-20(21-17)16-9-5-2-6-10-16/h1-10,14H,11-13H2. The largest absolute Gasteiger partial charge is 0.459 e. The fourth-order valence-electron chi connectivity index (χ4n) is 2.30. The molecule has 3 rings (SSSR count). The van der Waals surface area contributed by atoms with E-state index in [0.717, 1.165) is 10.6 Å². The van der Waals surface area contributed by atoms with Gasteiger partial charge in [-0.1, -0.05) is 60.7 Å². The van der Waals surface area contributed by atoms with Crippen molar-refractivity contribution in [1.82, 2.24) is 4.98 Å². The number of thiazole rings is 1. The Morgan fingerprint density at radius 2 is 1.60 bits per heavy atom. The Morgan fingerprint density at radius 1 is 0.920 bits per heavy atom. The molecule has 4 nitrogen and oxygen atoms in total. The van der Waals surface area contributed by atoms with Crippen LogP contribution in [0.15, 0.2) is 66.0 Å². The number of carbonyl (C=O) groups excluding carboxylic acids is 2. The molecule has 0 saturated carbocycles. The highest BCUT2D eigenvalue weighted by Gasteiger charge is 2.11. The Labute approximate surface area is 150 Å². The third-order valence-electron chi connectivity index (χ3n) is 3.61. The van der Waals surface area contributed by atoms with Gasteiger partial charge in [0.25, 0.3) is 0 Å². The van der Waals surface area contributed by atoms with Gasteiger partial charge in [-0.2, -0.15) is 0 Å². The number of carbonyl (C=O) groups is 2. The number of nitrogens with zero attached hydrogens (tertiary/aromatic N) is 1. The van der Waals surface area contributed by atoms with Gasteiger partial charge in [0.2, 0.25) is 0 Å². The monoisotopic (exact) mass is 351 g/mol. The fourth-order valence-corrected chi connectivity index (χ4v) is 3.11. The summed E-state index contributed by atoms with van der Waals surface area (Å²) in [5.74, 6) is -0.448. The van der Waals surface area contributed by atoms with Gasteiger partial charge in [0.15, 0.2) is 5.78 Å². The lowest BCUT2D eigenvalue weighted by molar-refractivity contribution is -0.145. The van der Waals surface area contributed by atoms with Gasteiger partial charge in [0, 0.05) is 22.9 Å². The van der Waals surface area contributed by atoms with Crippen molar-refractivity contribution < 1.29 is 14.3 Å². The molecule has 0 aliphatic rings. The number of rotatable bonds is 7. The van der Waals surface area contributed by atoms with E-state index in [1.165, 1.54) is 11.3 Å². The molecule has 0 bridgehead atoms. The van der Waals surface area contributed by atoms with Crippen molar-refractivity contribution in [3.63, 3.8) is 0 Å². The smallest absolute Gasteiger partial charge is 0.306 e. The van der Waals surface area contributed by atoms with Crippen LogP contribution < -0.4 is 0 Å². The second kappa shape index (κ2) is 8.35. The summed E-state index contributed by atoms with van der Waals surface area (Å²) in [5.41, 5.74) is 2.37. The second-order valence-electron chi connectivity index (χ2n) is 5.46. The predicted octanol–water partition coefficient (Wildman–Crippen LogP) is 4.52. The van der Waals surface area contributed by atoms with Gasteiger partial charge in [-0.05, 0) is 0 Å². The fraction of sp³-hybridized carbons (Fsp3) is 0.150. The zero-order chi connectivity index (χ0) is 17.5. The highest BCUT2D eigenvalue weighted by Crippen LogP contribution is 2.23. The first kappa shape index (κ1) is 17.0. The van der Waals surface area contributed by atoms with E-state index in [4.69, 9.17) is 4.74 Å². The van der Waals surface area contributed by atoms with Crippen molar-refractivity contribution in [1.29, 1.82) is 0 Å². The maximum Gasteiger partial charge on any atom is 0.306 e. The summed E-state index contributed by atoms with van der Waals surface area (Å²) in [7, 11) is 0. The molecule has 2 aromatic carbocycles. The summed E-state index contributed by atoms with van der Waals surface area (Å²) >= 11 is 1.51. The van der Waals surface area contributed by atoms with Crippen LogP contribution in [-0.2, 0) is 16.1 Å². The molecule has 3 aromatic rings. The zero-order valence-corrected chi connectivity index (χ0v) is 14.4. The van der Waals surface area contributed by atoms with Crippen molar-refractivity contribution in [2.24, 2.45) is 0 Å². The van der Waals surface area contributed by atoms with Gasteiger partial charge in [0.05, 0.1) is 12.1 Å². The summed E-state index contributed by atoms with van der Waals surface area (Å²) < 4.78 is 5.22. The highest BCUT2D eigenvalue weighted by molar-refractivity contribution is 7.13. The van der Waals surface area contributed by atoms with Crippen LogP contribution in [0.2, 0.25) is 0 Å². The number of Topliss-reactive ketones (excluding diaryl/α,β-unsaturated/α-hetero) is 1. The molecule has 126 valence electrons. The van der Waals surface area contributed by atoms with E-state index in [0.29, 0.717) is 11.3 Å². The molecule has 1 heterocycles. The molecule has 0 amide bonds. The molecular weight excluding hydrogens is 334 g/mol. The van der Waals surface area contributed by atoms with Gasteiger partial charge in [-0.15, -0.1) is 11.3 Å². The van der Waals surface area contributed by atoms with E-state index in [1.54, 1.807) is 24.3 Å². The Bertz CT molecular complexity index is 844. The van der Waals surface area contributed by atoms with Gasteiger partial charge in [-0.3, -0.25) is 9.59 Å². The average Bonchev–Trinajstić information content (AvgIpc) is 3.15. The SMILES string of the molecule is O=C(CCC(=O)c1ccccc1)OCc1csc(-c2ccccc2)n1. The van der Waals surface area contributed by atoms with Crippen LogP contribution in [0.5, 0.6) is 0 Å². The van der Waals surface area contributed by atoms with E-state index in [1.807, 2.05) is 41.8 Å². The first-order valence-corrected chi connectivity index (χ1v) is 8.84. The Hall–Kier alpha value is -2.79. The molecular formula is C20H17NO3S. The number of hydrogen-bond acceptors (Lipinski definition) is 5. The maximum absolute atomic E-state index is 12.0. The van der Waals surface area contributed by atoms with Crippen molar-refractivity contribution in [3.05, 3.63) is 77.3 Å². The van der Waals surface area contributed by atoms with Gasteiger partial charge in [-0.25, -0.2) is 4.98 Å². The molecule has 25 heavy (non-hydrogen) atoms. The average molecular weight is 351 g/mol. The molecule has 1 aromatic heterocycles. The van der Waals surface area contributed by atoms with Crippen LogP contribution in [0.1, 0.15) is 28.9 Å². The minimum atomic E-state index is -0.390. The highest BCUT2D eigenvalue weighted by atomic mass is 32.1. The number of ketones is 1. The molecule has 0 atom stereocenters. The summed E-state index contributed by atoms with van der Waals surface area (Å²) in [5, 5.41) is 2.77. The molecule has 0 fully saturated rings. The summed E-state index contributed by atoms with van der Waals surface area (Å²) in [6.07, 6.45) is 0.221. The van der Waals surface area contributed by atoms with Crippen LogP contribution in [0.25, 0.3) is 10.6 Å². The first-order valence-electron chi connectivity index (χ1n) is 7.96. The number of aromatic nitrogens is 1. The third kappa shape index (κ3) is 4.84. The number of esters is 1. The lowest BCUT2D eigenvalue weighted by Crippen LogP contribution is -2.08. The summed E-state index contributed by atoms with van der Waals surface area (Å²) in [6.45, 7) is 0.127. The van der Waals surface area contributed by atoms with Crippen LogP contribution in [0.4, 0.5) is 0 Å². The van der Waals surface area contributed by atoms with E-state index in [-0.39, 0.29) is 25.2 Å². The van der Waals surface area contributed by atoms with E-state index in [9.17, 15) is 9.59 Å². The molecule has 0 N–H and O–H groups in total. The molecule has 0 aliphatic heterocycles. The normalized spacial score (nSPS) is 10.4. The first-order chi connectivity index (χ1) is 12.2. The minimum absolute atomic E-state index is 0.0578. The van der Waals surface area contributed by atoms with Crippen LogP contribution in [-0.4, -0.2) is 16.7 Å². The number of ether oxygens (including phenoxy) is 1. The Balaban J connectivity index is 1.47. The molecule has 0 aliphatic carbocycles. The lowest BCUT2D eigenvalue weighted by atomic mass is 10.1. The lowest BCUT2D eigenvalue weighted by Gasteiger charge is -2.03. The Kier molecular flexibility index (Phi) is 5.69. The quantitative estimate of drug-likeness (QED) is 0.464. The van der Waals surface area contributed by atoms with Gasteiger partial charge in [0.1, 0.15) is 11.6 Å². The maximum atomic E-state index is 12.0. The van der Waals surface area contributed by atoms with Crippen molar-refractivity contribution in [2.45, 2.75) is 19.4 Å². The molecule has 0 saturated heterocycles. The summed E-state index contributed by atoms with van der Waals surface area (Å²) in [6, 6.07) is 18.8. The van der Waals surface area contributed by atoms with E-state index in [2.05, 4.69) is 4.98 Å². The van der Waals surface area contributed by atoms with Crippen molar-refractivity contribution in [2.75, 3.05) is 0 Å². The zero-order valence-electron chi connectivity index (χ0n) is 13.6. The topological polar surface area (TPSA) is 56.3 Å². The van der Waals surface area contributed by atoms with Crippen molar-refractivity contribution >= 4 is 23.1 Å². The molecule has 0 spiro atoms. The third-order valence-corrected chi connectivity index (χ3v) is 4.55. The van der Waals surface area contributed by atoms with E-state index < -0.39 is 5.97 Å². The van der Waals surface area contributed by atoms with Crippen LogP contribution >= 0.6 is 11.3 Å². The molecule has 0 unspecified atom stereocenters. The number of benzene rings is 2. The molecule has 0 radical (unpaired) electrons. The van der Waals surface area contributed by atoms with E-state index >= 15 is 0 Å². The van der Waals surface area contributed by atoms with Crippen LogP contribution in [0.3, 0.4) is 0 Å². The predicted molar refractivity (Wildman–Crippen MR) is 97.4 cm³/mol. The van der Waals surface area contributed by atoms with Gasteiger partial charge < -0.3 is 4.74 Å². The van der Waals surface area contributed by atoms with Crippen LogP contribution in [0, 0.1) is 0 Å². The summed E-state index contributed by atoms with van der Waals surface area (Å²) in [4.78, 5) is 28.3. The number of hydrogen-bond donors (Lipinski definition) is 0. The Morgan fingerprint density at radius 3 is 2.32 bits per heavy atom. The van der Waals surface area contributed by atoms with Crippen molar-refractivity contribution in [3.8, 4) is 10.6 Å². The minimum Gasteiger partial charge on any atom is -0.459 e. The van der Waals surface area contributed by atoms with Gasteiger partial charge >= 0.3 is 5.97 Å².